The molecule has 0 saturated heterocycles. The van der Waals surface area contributed by atoms with Crippen molar-refractivity contribution in [1.82, 2.24) is 5.32 Å². The van der Waals surface area contributed by atoms with Crippen molar-refractivity contribution in [3.8, 4) is 0 Å². The fraction of sp³-hybridized carbons (Fsp3) is 0.304. The number of rotatable bonds is 4. The Morgan fingerprint density at radius 2 is 1.38 bits per heavy atom. The predicted octanol–water partition coefficient (Wildman–Crippen LogP) is 6.28. The van der Waals surface area contributed by atoms with Crippen molar-refractivity contribution in [2.75, 3.05) is 0 Å². The van der Waals surface area contributed by atoms with Crippen molar-refractivity contribution in [1.29, 1.82) is 0 Å². The zero-order valence-corrected chi connectivity index (χ0v) is 15.1. The minimum Gasteiger partial charge on any atom is -0.303 e. The molecule has 3 aromatic carbocycles. The molecular formula is C23H27N. The molecule has 0 aliphatic heterocycles. The van der Waals surface area contributed by atoms with Crippen LogP contribution >= 0.6 is 0 Å². The summed E-state index contributed by atoms with van der Waals surface area (Å²) < 4.78 is 0. The monoisotopic (exact) mass is 317 g/mol. The number of fused-ring (bicyclic) bond motifs is 1. The van der Waals surface area contributed by atoms with Crippen LogP contribution < -0.4 is 5.32 Å². The smallest absolute Gasteiger partial charge is 0.0374 e. The molecule has 0 fully saturated rings. The Bertz CT molecular complexity index is 794. The van der Waals surface area contributed by atoms with E-state index in [-0.39, 0.29) is 11.5 Å². The second-order valence-electron chi connectivity index (χ2n) is 7.67. The van der Waals surface area contributed by atoms with E-state index < -0.39 is 0 Å². The lowest BCUT2D eigenvalue weighted by Crippen LogP contribution is -2.34. The number of benzene rings is 3. The molecule has 0 heterocycles. The van der Waals surface area contributed by atoms with Crippen molar-refractivity contribution in [3.05, 3.63) is 83.9 Å². The van der Waals surface area contributed by atoms with E-state index in [0.717, 1.165) is 0 Å². The van der Waals surface area contributed by atoms with Crippen LogP contribution in [-0.2, 0) is 0 Å². The van der Waals surface area contributed by atoms with Crippen LogP contribution in [0.1, 0.15) is 50.9 Å². The Kier molecular flexibility index (Phi) is 4.73. The van der Waals surface area contributed by atoms with Crippen molar-refractivity contribution < 1.29 is 0 Å². The van der Waals surface area contributed by atoms with Crippen molar-refractivity contribution in [2.24, 2.45) is 5.41 Å². The van der Waals surface area contributed by atoms with Gasteiger partial charge in [0.25, 0.3) is 0 Å². The van der Waals surface area contributed by atoms with E-state index in [1.54, 1.807) is 0 Å². The topological polar surface area (TPSA) is 12.0 Å². The lowest BCUT2D eigenvalue weighted by molar-refractivity contribution is 0.254. The lowest BCUT2D eigenvalue weighted by Gasteiger charge is -2.35. The van der Waals surface area contributed by atoms with Gasteiger partial charge in [0.2, 0.25) is 0 Å². The van der Waals surface area contributed by atoms with Gasteiger partial charge in [-0.3, -0.25) is 0 Å². The van der Waals surface area contributed by atoms with Crippen LogP contribution in [0.4, 0.5) is 0 Å². The maximum absolute atomic E-state index is 3.88. The fourth-order valence-electron chi connectivity index (χ4n) is 3.46. The van der Waals surface area contributed by atoms with Crippen molar-refractivity contribution in [3.63, 3.8) is 0 Å². The number of nitrogens with one attached hydrogen (secondary N) is 1. The molecule has 24 heavy (non-hydrogen) atoms. The third-order valence-electron chi connectivity index (χ3n) is 4.71. The first-order valence-electron chi connectivity index (χ1n) is 8.75. The molecule has 2 atom stereocenters. The van der Waals surface area contributed by atoms with E-state index in [1.807, 2.05) is 0 Å². The largest absolute Gasteiger partial charge is 0.303 e. The zero-order chi connectivity index (χ0) is 17.2. The molecule has 0 saturated carbocycles. The summed E-state index contributed by atoms with van der Waals surface area (Å²) in [6.45, 7) is 9.16. The number of hydrogen-bond donors (Lipinski definition) is 1. The zero-order valence-electron chi connectivity index (χ0n) is 15.1. The second-order valence-corrected chi connectivity index (χ2v) is 7.67. The molecule has 0 spiro atoms. The van der Waals surface area contributed by atoms with Gasteiger partial charge in [-0.15, -0.1) is 0 Å². The van der Waals surface area contributed by atoms with E-state index in [0.29, 0.717) is 6.04 Å². The molecule has 0 aliphatic carbocycles. The van der Waals surface area contributed by atoms with Gasteiger partial charge in [0.15, 0.2) is 0 Å². The van der Waals surface area contributed by atoms with Gasteiger partial charge in [-0.25, -0.2) is 0 Å². The highest BCUT2D eigenvalue weighted by atomic mass is 15.0. The van der Waals surface area contributed by atoms with Crippen LogP contribution in [-0.4, -0.2) is 0 Å². The van der Waals surface area contributed by atoms with E-state index >= 15 is 0 Å². The summed E-state index contributed by atoms with van der Waals surface area (Å²) in [6.07, 6.45) is 0. The molecule has 0 aromatic heterocycles. The summed E-state index contributed by atoms with van der Waals surface area (Å²) in [5, 5.41) is 6.52. The average molecular weight is 317 g/mol. The molecule has 0 bridgehead atoms. The summed E-state index contributed by atoms with van der Waals surface area (Å²) in [5.74, 6) is 0. The molecule has 124 valence electrons. The summed E-state index contributed by atoms with van der Waals surface area (Å²) >= 11 is 0. The minimum atomic E-state index is 0.139. The molecular weight excluding hydrogens is 290 g/mol. The van der Waals surface area contributed by atoms with Crippen LogP contribution in [0.5, 0.6) is 0 Å². The van der Waals surface area contributed by atoms with Gasteiger partial charge < -0.3 is 5.32 Å². The van der Waals surface area contributed by atoms with Crippen LogP contribution in [0, 0.1) is 5.41 Å². The number of hydrogen-bond acceptors (Lipinski definition) is 1. The highest BCUT2D eigenvalue weighted by Crippen LogP contribution is 2.35. The van der Waals surface area contributed by atoms with E-state index in [1.165, 1.54) is 21.9 Å². The SMILES string of the molecule is C[C@@H](N[C@H](c1ccccc1)C(C)(C)C)c1cccc2ccccc12. The average Bonchev–Trinajstić information content (AvgIpc) is 2.58. The molecule has 1 N–H and O–H groups in total. The Hall–Kier alpha value is -2.12. The quantitative estimate of drug-likeness (QED) is 0.597. The van der Waals surface area contributed by atoms with Crippen LogP contribution in [0.2, 0.25) is 0 Å². The maximum Gasteiger partial charge on any atom is 0.0374 e. The third-order valence-corrected chi connectivity index (χ3v) is 4.71. The van der Waals surface area contributed by atoms with Gasteiger partial charge in [0, 0.05) is 12.1 Å². The van der Waals surface area contributed by atoms with Gasteiger partial charge in [-0.2, -0.15) is 0 Å². The van der Waals surface area contributed by atoms with Gasteiger partial charge in [-0.1, -0.05) is 93.6 Å². The van der Waals surface area contributed by atoms with E-state index in [2.05, 4.69) is 106 Å². The Labute approximate surface area is 145 Å². The standard InChI is InChI=1S/C23H27N/c1-17(20-16-10-14-18-11-8-9-15-21(18)20)24-22(23(2,3)4)19-12-6-5-7-13-19/h5-17,22,24H,1-4H3/t17-,22-/m1/s1. The summed E-state index contributed by atoms with van der Waals surface area (Å²) in [5.41, 5.74) is 2.84. The normalized spacial score (nSPS) is 14.5. The molecule has 0 amide bonds. The Balaban J connectivity index is 1.95. The highest BCUT2D eigenvalue weighted by molar-refractivity contribution is 5.86. The van der Waals surface area contributed by atoms with Crippen LogP contribution in [0.15, 0.2) is 72.8 Å². The van der Waals surface area contributed by atoms with Crippen molar-refractivity contribution >= 4 is 10.8 Å². The molecule has 0 unspecified atom stereocenters. The maximum atomic E-state index is 3.88. The Morgan fingerprint density at radius 3 is 2.08 bits per heavy atom. The first-order chi connectivity index (χ1) is 11.5. The van der Waals surface area contributed by atoms with Crippen LogP contribution in [0.25, 0.3) is 10.8 Å². The fourth-order valence-corrected chi connectivity index (χ4v) is 3.46. The molecule has 3 rings (SSSR count). The molecule has 1 nitrogen and oxygen atoms in total. The Morgan fingerprint density at radius 1 is 0.750 bits per heavy atom. The molecule has 0 radical (unpaired) electrons. The van der Waals surface area contributed by atoms with Gasteiger partial charge in [-0.05, 0) is 34.2 Å². The lowest BCUT2D eigenvalue weighted by atomic mass is 9.81. The van der Waals surface area contributed by atoms with E-state index in [9.17, 15) is 0 Å². The first-order valence-corrected chi connectivity index (χ1v) is 8.75. The van der Waals surface area contributed by atoms with Crippen molar-refractivity contribution in [2.45, 2.75) is 39.8 Å². The first kappa shape index (κ1) is 16.7. The van der Waals surface area contributed by atoms with Gasteiger partial charge >= 0.3 is 0 Å². The van der Waals surface area contributed by atoms with E-state index in [4.69, 9.17) is 0 Å². The summed E-state index contributed by atoms with van der Waals surface area (Å²) in [4.78, 5) is 0. The minimum absolute atomic E-state index is 0.139. The summed E-state index contributed by atoms with van der Waals surface area (Å²) in [6, 6.07) is 26.6. The third kappa shape index (κ3) is 3.52. The molecule has 0 aliphatic rings. The molecule has 1 heteroatoms. The summed E-state index contributed by atoms with van der Waals surface area (Å²) in [7, 11) is 0. The molecule has 3 aromatic rings. The highest BCUT2D eigenvalue weighted by Gasteiger charge is 2.27. The van der Waals surface area contributed by atoms with Crippen LogP contribution in [0.3, 0.4) is 0 Å². The second kappa shape index (κ2) is 6.78. The van der Waals surface area contributed by atoms with Gasteiger partial charge in [0.05, 0.1) is 0 Å². The predicted molar refractivity (Wildman–Crippen MR) is 104 cm³/mol. The van der Waals surface area contributed by atoms with Gasteiger partial charge in [0.1, 0.15) is 0 Å².